The Morgan fingerprint density at radius 2 is 1.77 bits per heavy atom. The minimum absolute atomic E-state index is 0.111. The van der Waals surface area contributed by atoms with E-state index in [0.717, 1.165) is 53.3 Å². The van der Waals surface area contributed by atoms with Gasteiger partial charge < -0.3 is 10.4 Å². The van der Waals surface area contributed by atoms with Gasteiger partial charge in [0.05, 0.1) is 5.56 Å². The number of phenolic OH excluding ortho intramolecular Hbond substituents is 1. The molecule has 1 amide bonds. The maximum absolute atomic E-state index is 13.6. The highest BCUT2D eigenvalue weighted by Crippen LogP contribution is 2.40. The molecule has 0 radical (unpaired) electrons. The third-order valence-electron chi connectivity index (χ3n) is 6.90. The molecule has 4 aromatic rings. The van der Waals surface area contributed by atoms with Crippen LogP contribution in [0.4, 0.5) is 10.7 Å². The van der Waals surface area contributed by atoms with Gasteiger partial charge in [-0.2, -0.15) is 0 Å². The largest absolute Gasteiger partial charge is 0.507 e. The number of fused-ring (bicyclic) bond motifs is 2. The highest BCUT2D eigenvalue weighted by atomic mass is 32.1. The zero-order chi connectivity index (χ0) is 24.4. The number of hydrogen-bond acceptors (Lipinski definition) is 4. The van der Waals surface area contributed by atoms with Gasteiger partial charge in [0.15, 0.2) is 0 Å². The first-order valence-electron chi connectivity index (χ1n) is 12.3. The van der Waals surface area contributed by atoms with Gasteiger partial charge >= 0.3 is 0 Å². The van der Waals surface area contributed by atoms with Crippen LogP contribution in [0.2, 0.25) is 0 Å². The van der Waals surface area contributed by atoms with Crippen LogP contribution in [0.5, 0.6) is 5.75 Å². The fourth-order valence-corrected chi connectivity index (χ4v) is 6.02. The third-order valence-corrected chi connectivity index (χ3v) is 8.10. The Kier molecular flexibility index (Phi) is 6.69. The number of anilines is 1. The average Bonchev–Trinajstić information content (AvgIpc) is 3.17. The number of benzene rings is 3. The quantitative estimate of drug-likeness (QED) is 0.291. The SMILES string of the molecule is Cc1ccc(NC(=O)c2c(N=Cc3c(O)ccc4ccccc34)sc3c2CCCCCC3)cc1C. The van der Waals surface area contributed by atoms with Crippen LogP contribution in [0, 0.1) is 13.8 Å². The van der Waals surface area contributed by atoms with Crippen molar-refractivity contribution in [2.45, 2.75) is 52.4 Å². The lowest BCUT2D eigenvalue weighted by Crippen LogP contribution is -2.14. The minimum Gasteiger partial charge on any atom is -0.507 e. The summed E-state index contributed by atoms with van der Waals surface area (Å²) in [6.07, 6.45) is 8.24. The van der Waals surface area contributed by atoms with Crippen LogP contribution in [0.25, 0.3) is 10.8 Å². The molecule has 0 bridgehead atoms. The predicted octanol–water partition coefficient (Wildman–Crippen LogP) is 7.89. The number of amides is 1. The van der Waals surface area contributed by atoms with Crippen molar-refractivity contribution >= 4 is 44.9 Å². The summed E-state index contributed by atoms with van der Waals surface area (Å²) in [5.74, 6) is 0.0733. The molecule has 4 nitrogen and oxygen atoms in total. The van der Waals surface area contributed by atoms with Crippen molar-refractivity contribution < 1.29 is 9.90 Å². The number of carbonyl (C=O) groups is 1. The second-order valence-electron chi connectivity index (χ2n) is 9.33. The molecule has 0 saturated heterocycles. The summed E-state index contributed by atoms with van der Waals surface area (Å²) in [5, 5.41) is 16.4. The van der Waals surface area contributed by atoms with Crippen molar-refractivity contribution in [3.8, 4) is 5.75 Å². The number of nitrogens with one attached hydrogen (secondary N) is 1. The molecular formula is C30H30N2O2S. The van der Waals surface area contributed by atoms with E-state index in [4.69, 9.17) is 4.99 Å². The number of hydrogen-bond donors (Lipinski definition) is 2. The van der Waals surface area contributed by atoms with Crippen LogP contribution in [-0.2, 0) is 12.8 Å². The molecule has 0 aliphatic heterocycles. The van der Waals surface area contributed by atoms with E-state index in [1.54, 1.807) is 23.6 Å². The van der Waals surface area contributed by atoms with Gasteiger partial charge in [-0.1, -0.05) is 49.2 Å². The Labute approximate surface area is 210 Å². The van der Waals surface area contributed by atoms with Gasteiger partial charge in [0.1, 0.15) is 10.8 Å². The summed E-state index contributed by atoms with van der Waals surface area (Å²) in [5.41, 5.74) is 5.64. The van der Waals surface area contributed by atoms with Crippen molar-refractivity contribution in [3.05, 3.63) is 87.3 Å². The lowest BCUT2D eigenvalue weighted by molar-refractivity contribution is 0.102. The average molecular weight is 483 g/mol. The molecule has 35 heavy (non-hydrogen) atoms. The molecule has 178 valence electrons. The second-order valence-corrected chi connectivity index (χ2v) is 10.4. The Bertz CT molecular complexity index is 1430. The maximum Gasteiger partial charge on any atom is 0.259 e. The molecule has 1 aromatic heterocycles. The topological polar surface area (TPSA) is 61.7 Å². The molecule has 1 aliphatic carbocycles. The van der Waals surface area contributed by atoms with Crippen LogP contribution in [0.1, 0.15) is 63.2 Å². The number of carbonyl (C=O) groups excluding carboxylic acids is 1. The summed E-state index contributed by atoms with van der Waals surface area (Å²) >= 11 is 1.62. The van der Waals surface area contributed by atoms with Crippen molar-refractivity contribution in [3.63, 3.8) is 0 Å². The summed E-state index contributed by atoms with van der Waals surface area (Å²) in [4.78, 5) is 19.7. The van der Waals surface area contributed by atoms with E-state index in [0.29, 0.717) is 16.1 Å². The second kappa shape index (κ2) is 10.0. The fraction of sp³-hybridized carbons (Fsp3) is 0.267. The molecule has 3 aromatic carbocycles. The molecule has 5 rings (SSSR count). The van der Waals surface area contributed by atoms with Gasteiger partial charge in [0.2, 0.25) is 0 Å². The molecule has 0 unspecified atom stereocenters. The van der Waals surface area contributed by atoms with Crippen LogP contribution < -0.4 is 5.32 Å². The van der Waals surface area contributed by atoms with E-state index in [-0.39, 0.29) is 11.7 Å². The van der Waals surface area contributed by atoms with Crippen molar-refractivity contribution in [1.82, 2.24) is 0 Å². The zero-order valence-corrected chi connectivity index (χ0v) is 21.0. The van der Waals surface area contributed by atoms with E-state index in [2.05, 4.69) is 19.2 Å². The smallest absolute Gasteiger partial charge is 0.259 e. The first-order valence-corrected chi connectivity index (χ1v) is 13.1. The van der Waals surface area contributed by atoms with Crippen LogP contribution in [0.15, 0.2) is 59.6 Å². The number of nitrogens with zero attached hydrogens (tertiary/aromatic N) is 1. The normalized spacial score (nSPS) is 14.0. The molecule has 1 heterocycles. The lowest BCUT2D eigenvalue weighted by atomic mass is 9.96. The summed E-state index contributed by atoms with van der Waals surface area (Å²) in [6.45, 7) is 4.12. The number of aliphatic imine (C=N–C) groups is 1. The first-order chi connectivity index (χ1) is 17.0. The van der Waals surface area contributed by atoms with Gasteiger partial charge in [-0.05, 0) is 85.2 Å². The fourth-order valence-electron chi connectivity index (χ4n) is 4.79. The Morgan fingerprint density at radius 1 is 0.971 bits per heavy atom. The van der Waals surface area contributed by atoms with E-state index >= 15 is 0 Å². The highest BCUT2D eigenvalue weighted by Gasteiger charge is 2.24. The molecule has 2 N–H and O–H groups in total. The number of phenols is 1. The monoisotopic (exact) mass is 482 g/mol. The molecule has 0 atom stereocenters. The van der Waals surface area contributed by atoms with Gasteiger partial charge in [0, 0.05) is 22.3 Å². The number of aryl methyl sites for hydroxylation is 3. The van der Waals surface area contributed by atoms with Gasteiger partial charge in [0.25, 0.3) is 5.91 Å². The van der Waals surface area contributed by atoms with Crippen molar-refractivity contribution in [2.75, 3.05) is 5.32 Å². The number of aromatic hydroxyl groups is 1. The summed E-state index contributed by atoms with van der Waals surface area (Å²) < 4.78 is 0. The van der Waals surface area contributed by atoms with Crippen molar-refractivity contribution in [1.29, 1.82) is 0 Å². The van der Waals surface area contributed by atoms with E-state index in [1.165, 1.54) is 23.3 Å². The van der Waals surface area contributed by atoms with Crippen LogP contribution in [-0.4, -0.2) is 17.2 Å². The van der Waals surface area contributed by atoms with E-state index in [9.17, 15) is 9.90 Å². The Hall–Kier alpha value is -3.44. The lowest BCUT2D eigenvalue weighted by Gasteiger charge is -2.12. The van der Waals surface area contributed by atoms with Gasteiger partial charge in [-0.25, -0.2) is 4.99 Å². The van der Waals surface area contributed by atoms with Crippen molar-refractivity contribution in [2.24, 2.45) is 4.99 Å². The molecular weight excluding hydrogens is 452 g/mol. The number of thiophene rings is 1. The first kappa shape index (κ1) is 23.3. The van der Waals surface area contributed by atoms with E-state index < -0.39 is 0 Å². The van der Waals surface area contributed by atoms with Crippen LogP contribution >= 0.6 is 11.3 Å². The van der Waals surface area contributed by atoms with E-state index in [1.807, 2.05) is 48.5 Å². The summed E-state index contributed by atoms with van der Waals surface area (Å²) in [7, 11) is 0. The summed E-state index contributed by atoms with van der Waals surface area (Å²) in [6, 6.07) is 17.5. The molecule has 1 aliphatic rings. The van der Waals surface area contributed by atoms with Crippen LogP contribution in [0.3, 0.4) is 0 Å². The molecule has 0 spiro atoms. The number of rotatable bonds is 4. The Balaban J connectivity index is 1.57. The predicted molar refractivity (Wildman–Crippen MR) is 147 cm³/mol. The minimum atomic E-state index is -0.111. The maximum atomic E-state index is 13.6. The highest BCUT2D eigenvalue weighted by molar-refractivity contribution is 7.16. The Morgan fingerprint density at radius 3 is 2.60 bits per heavy atom. The van der Waals surface area contributed by atoms with Gasteiger partial charge in [-0.15, -0.1) is 11.3 Å². The molecule has 0 fully saturated rings. The van der Waals surface area contributed by atoms with Gasteiger partial charge in [-0.3, -0.25) is 4.79 Å². The molecule has 5 heteroatoms. The standard InChI is InChI=1S/C30H30N2O2S/c1-19-13-15-22(17-20(19)2)32-29(34)28-24-11-5-3-4-6-12-27(24)35-30(28)31-18-25-23-10-8-7-9-21(23)14-16-26(25)33/h7-10,13-18,33H,3-6,11-12H2,1-2H3,(H,32,34). The third kappa shape index (κ3) is 4.87. The zero-order valence-electron chi connectivity index (χ0n) is 20.2. The molecule has 0 saturated carbocycles.